The maximum absolute atomic E-state index is 2.39. The maximum Gasteiger partial charge on any atom is 0.0540 e. The van der Waals surface area contributed by atoms with Crippen LogP contribution in [0.15, 0.2) is 212 Å². The highest BCUT2D eigenvalue weighted by Gasteiger charge is 2.18. The first-order chi connectivity index (χ1) is 26.3. The van der Waals surface area contributed by atoms with Gasteiger partial charge in [0.05, 0.1) is 5.69 Å². The molecule has 0 bridgehead atoms. The highest BCUT2D eigenvalue weighted by Crippen LogP contribution is 2.43. The zero-order chi connectivity index (χ0) is 35.1. The summed E-state index contributed by atoms with van der Waals surface area (Å²) >= 11 is 0. The molecule has 0 aliphatic heterocycles. The Bertz CT molecular complexity index is 2880. The number of hydrogen-bond donors (Lipinski definition) is 0. The highest BCUT2D eigenvalue weighted by atomic mass is 15.1. The van der Waals surface area contributed by atoms with Crippen LogP contribution in [0.3, 0.4) is 0 Å². The minimum atomic E-state index is 1.10. The molecule has 10 aromatic rings. The predicted octanol–water partition coefficient (Wildman–Crippen LogP) is 14.8. The Balaban J connectivity index is 1.09. The third-order valence-electron chi connectivity index (χ3n) is 10.7. The van der Waals surface area contributed by atoms with Crippen LogP contribution in [0.5, 0.6) is 0 Å². The minimum Gasteiger partial charge on any atom is -0.310 e. The molecule has 1 nitrogen and oxygen atoms in total. The van der Waals surface area contributed by atoms with Gasteiger partial charge in [-0.25, -0.2) is 0 Å². The van der Waals surface area contributed by atoms with E-state index in [-0.39, 0.29) is 0 Å². The van der Waals surface area contributed by atoms with Gasteiger partial charge in [-0.1, -0.05) is 176 Å². The minimum absolute atomic E-state index is 1.10. The molecule has 0 unspecified atom stereocenters. The molecule has 0 atom stereocenters. The van der Waals surface area contributed by atoms with Crippen LogP contribution in [0.1, 0.15) is 0 Å². The van der Waals surface area contributed by atoms with Gasteiger partial charge in [-0.05, 0) is 107 Å². The fraction of sp³-hybridized carbons (Fsp3) is 0. The molecule has 0 saturated heterocycles. The average molecular weight is 674 g/mol. The topological polar surface area (TPSA) is 3.24 Å². The van der Waals surface area contributed by atoms with Crippen LogP contribution in [0, 0.1) is 0 Å². The summed E-state index contributed by atoms with van der Waals surface area (Å²) < 4.78 is 0. The van der Waals surface area contributed by atoms with E-state index in [9.17, 15) is 0 Å². The van der Waals surface area contributed by atoms with Crippen molar-refractivity contribution < 1.29 is 0 Å². The van der Waals surface area contributed by atoms with Gasteiger partial charge in [0.25, 0.3) is 0 Å². The van der Waals surface area contributed by atoms with Crippen LogP contribution < -0.4 is 4.90 Å². The van der Waals surface area contributed by atoms with Crippen molar-refractivity contribution in [2.45, 2.75) is 0 Å². The largest absolute Gasteiger partial charge is 0.310 e. The van der Waals surface area contributed by atoms with E-state index in [1.807, 2.05) is 0 Å². The maximum atomic E-state index is 2.39. The van der Waals surface area contributed by atoms with Crippen molar-refractivity contribution in [2.75, 3.05) is 4.90 Å². The Labute approximate surface area is 309 Å². The fourth-order valence-corrected chi connectivity index (χ4v) is 8.12. The lowest BCUT2D eigenvalue weighted by molar-refractivity contribution is 1.28. The van der Waals surface area contributed by atoms with Gasteiger partial charge in [0.15, 0.2) is 0 Å². The van der Waals surface area contributed by atoms with Crippen LogP contribution in [-0.4, -0.2) is 0 Å². The Hall–Kier alpha value is -6.96. The number of para-hydroxylation sites is 1. The smallest absolute Gasteiger partial charge is 0.0540 e. The second kappa shape index (κ2) is 13.0. The van der Waals surface area contributed by atoms with Crippen molar-refractivity contribution in [2.24, 2.45) is 0 Å². The summed E-state index contributed by atoms with van der Waals surface area (Å²) in [7, 11) is 0. The summed E-state index contributed by atoms with van der Waals surface area (Å²) in [5.41, 5.74) is 10.6. The number of rotatable bonds is 6. The van der Waals surface area contributed by atoms with Gasteiger partial charge in [-0.2, -0.15) is 0 Å². The Morgan fingerprint density at radius 2 is 0.698 bits per heavy atom. The summed E-state index contributed by atoms with van der Waals surface area (Å²) in [4.78, 5) is 2.39. The molecule has 0 N–H and O–H groups in total. The molecule has 10 aromatic carbocycles. The van der Waals surface area contributed by atoms with Gasteiger partial charge in [-0.3, -0.25) is 0 Å². The first kappa shape index (κ1) is 30.8. The molecule has 0 aliphatic carbocycles. The summed E-state index contributed by atoms with van der Waals surface area (Å²) in [5.74, 6) is 0. The molecule has 248 valence electrons. The van der Waals surface area contributed by atoms with Crippen LogP contribution >= 0.6 is 0 Å². The van der Waals surface area contributed by atoms with Crippen LogP contribution in [0.25, 0.3) is 76.5 Å². The number of benzene rings is 10. The SMILES string of the molecule is c1ccc(-c2ccccc2N(c2ccc(-c3ccc4c5ccccc5c5ccccc5c4c3)cc2)c2ccc(-c3cccc4ccccc34)cc2)cc1. The number of nitrogens with zero attached hydrogens (tertiary/aromatic N) is 1. The van der Waals surface area contributed by atoms with Gasteiger partial charge in [-0.15, -0.1) is 0 Å². The standard InChI is InChI=1S/C52H35N/c1-2-13-38(14-3-1)45-18-10-11-24-52(45)53(42-32-27-39(28-33-42)44-23-12-16-37-15-4-5-17-43(37)44)41-30-25-36(26-31-41)40-29-34-50-48-21-7-6-19-46(48)47-20-8-9-22-49(47)51(50)35-40/h1-35H. The molecule has 0 spiro atoms. The summed E-state index contributed by atoms with van der Waals surface area (Å²) in [6.45, 7) is 0. The van der Waals surface area contributed by atoms with Crippen molar-refractivity contribution in [3.63, 3.8) is 0 Å². The Morgan fingerprint density at radius 3 is 1.38 bits per heavy atom. The fourth-order valence-electron chi connectivity index (χ4n) is 8.12. The van der Waals surface area contributed by atoms with Crippen LogP contribution in [0.4, 0.5) is 17.1 Å². The van der Waals surface area contributed by atoms with E-state index in [4.69, 9.17) is 0 Å². The van der Waals surface area contributed by atoms with Gasteiger partial charge in [0, 0.05) is 16.9 Å². The van der Waals surface area contributed by atoms with E-state index >= 15 is 0 Å². The number of anilines is 3. The summed E-state index contributed by atoms with van der Waals surface area (Å²) in [6.07, 6.45) is 0. The van der Waals surface area contributed by atoms with Gasteiger partial charge in [0.2, 0.25) is 0 Å². The first-order valence-electron chi connectivity index (χ1n) is 18.3. The molecule has 0 heterocycles. The van der Waals surface area contributed by atoms with E-state index in [1.165, 1.54) is 76.5 Å². The molecule has 0 aliphatic rings. The van der Waals surface area contributed by atoms with E-state index in [1.54, 1.807) is 0 Å². The van der Waals surface area contributed by atoms with Crippen molar-refractivity contribution >= 4 is 60.2 Å². The third kappa shape index (κ3) is 5.42. The zero-order valence-corrected chi connectivity index (χ0v) is 29.2. The van der Waals surface area contributed by atoms with Gasteiger partial charge >= 0.3 is 0 Å². The molecule has 53 heavy (non-hydrogen) atoms. The molecule has 0 fully saturated rings. The Kier molecular flexibility index (Phi) is 7.55. The quantitative estimate of drug-likeness (QED) is 0.159. The molecule has 0 aromatic heterocycles. The molecule has 0 radical (unpaired) electrons. The monoisotopic (exact) mass is 673 g/mol. The molecular formula is C52H35N. The summed E-state index contributed by atoms with van der Waals surface area (Å²) in [6, 6.07) is 77.1. The van der Waals surface area contributed by atoms with Gasteiger partial charge in [0.1, 0.15) is 0 Å². The van der Waals surface area contributed by atoms with Gasteiger partial charge < -0.3 is 4.90 Å². The van der Waals surface area contributed by atoms with E-state index in [2.05, 4.69) is 217 Å². The molecule has 0 amide bonds. The lowest BCUT2D eigenvalue weighted by Gasteiger charge is -2.28. The second-order valence-corrected chi connectivity index (χ2v) is 13.7. The third-order valence-corrected chi connectivity index (χ3v) is 10.7. The van der Waals surface area contributed by atoms with E-state index < -0.39 is 0 Å². The van der Waals surface area contributed by atoms with Crippen LogP contribution in [-0.2, 0) is 0 Å². The lowest BCUT2D eigenvalue weighted by atomic mass is 9.92. The van der Waals surface area contributed by atoms with E-state index in [0.29, 0.717) is 0 Å². The van der Waals surface area contributed by atoms with E-state index in [0.717, 1.165) is 17.1 Å². The number of hydrogen-bond acceptors (Lipinski definition) is 1. The van der Waals surface area contributed by atoms with Crippen LogP contribution in [0.2, 0.25) is 0 Å². The molecule has 0 saturated carbocycles. The lowest BCUT2D eigenvalue weighted by Crippen LogP contribution is -2.11. The first-order valence-corrected chi connectivity index (χ1v) is 18.3. The zero-order valence-electron chi connectivity index (χ0n) is 29.2. The predicted molar refractivity (Wildman–Crippen MR) is 227 cm³/mol. The van der Waals surface area contributed by atoms with Crippen molar-refractivity contribution in [3.05, 3.63) is 212 Å². The Morgan fingerprint density at radius 1 is 0.245 bits per heavy atom. The van der Waals surface area contributed by atoms with Crippen molar-refractivity contribution in [3.8, 4) is 33.4 Å². The normalized spacial score (nSPS) is 11.4. The second-order valence-electron chi connectivity index (χ2n) is 13.7. The van der Waals surface area contributed by atoms with Crippen molar-refractivity contribution in [1.82, 2.24) is 0 Å². The van der Waals surface area contributed by atoms with Crippen molar-refractivity contribution in [1.29, 1.82) is 0 Å². The molecule has 10 rings (SSSR count). The highest BCUT2D eigenvalue weighted by molar-refractivity contribution is 6.25. The average Bonchev–Trinajstić information content (AvgIpc) is 3.24. The summed E-state index contributed by atoms with van der Waals surface area (Å²) in [5, 5.41) is 10.3. The molecule has 1 heteroatoms. The molecular weight excluding hydrogens is 639 g/mol. The number of fused-ring (bicyclic) bond motifs is 7.